The van der Waals surface area contributed by atoms with E-state index in [4.69, 9.17) is 0 Å². The molecule has 108 valence electrons. The van der Waals surface area contributed by atoms with Gasteiger partial charge >= 0.3 is 0 Å². The van der Waals surface area contributed by atoms with Crippen LogP contribution in [0.25, 0.3) is 0 Å². The van der Waals surface area contributed by atoms with Crippen molar-refractivity contribution in [2.45, 2.75) is 38.1 Å². The maximum absolute atomic E-state index is 12.8. The lowest BCUT2D eigenvalue weighted by molar-refractivity contribution is -0.128. The largest absolute Gasteiger partial charge is 0.351 e. The Morgan fingerprint density at radius 2 is 2.00 bits per heavy atom. The lowest BCUT2D eigenvalue weighted by Gasteiger charge is -2.34. The van der Waals surface area contributed by atoms with Crippen molar-refractivity contribution in [3.63, 3.8) is 0 Å². The second kappa shape index (κ2) is 5.73. The molecular weight excluding hydrogens is 259 g/mol. The number of aromatic nitrogens is 2. The first kappa shape index (κ1) is 13.3. The summed E-state index contributed by atoms with van der Waals surface area (Å²) in [6.45, 7) is 1.55. The van der Waals surface area contributed by atoms with Crippen LogP contribution >= 0.6 is 0 Å². The highest BCUT2D eigenvalue weighted by atomic mass is 19.1. The van der Waals surface area contributed by atoms with Gasteiger partial charge in [0.25, 0.3) is 0 Å². The summed E-state index contributed by atoms with van der Waals surface area (Å²) in [5.41, 5.74) is 0. The van der Waals surface area contributed by atoms with E-state index in [1.165, 1.54) is 12.4 Å². The van der Waals surface area contributed by atoms with Crippen molar-refractivity contribution in [2.75, 3.05) is 18.0 Å². The van der Waals surface area contributed by atoms with E-state index in [9.17, 15) is 9.18 Å². The Balaban J connectivity index is 1.58. The van der Waals surface area contributed by atoms with Gasteiger partial charge in [0.15, 0.2) is 5.82 Å². The van der Waals surface area contributed by atoms with Crippen molar-refractivity contribution >= 4 is 11.9 Å². The molecule has 1 aliphatic heterocycles. The molecule has 1 saturated carbocycles. The van der Waals surface area contributed by atoms with Gasteiger partial charge in [-0.05, 0) is 25.7 Å². The molecule has 0 spiro atoms. The average molecular weight is 278 g/mol. The van der Waals surface area contributed by atoms with Crippen LogP contribution in [0.2, 0.25) is 0 Å². The van der Waals surface area contributed by atoms with Gasteiger partial charge in [0.1, 0.15) is 0 Å². The Bertz CT molecular complexity index is 475. The van der Waals surface area contributed by atoms with Gasteiger partial charge in [-0.3, -0.25) is 4.79 Å². The molecule has 0 bridgehead atoms. The van der Waals surface area contributed by atoms with Crippen LogP contribution in [0, 0.1) is 11.7 Å². The molecule has 2 fully saturated rings. The molecule has 1 aromatic rings. The molecule has 3 rings (SSSR count). The summed E-state index contributed by atoms with van der Waals surface area (Å²) in [5.74, 6) is 0.505. The second-order valence-electron chi connectivity index (χ2n) is 5.62. The van der Waals surface area contributed by atoms with Gasteiger partial charge < -0.3 is 10.2 Å². The maximum atomic E-state index is 12.8. The van der Waals surface area contributed by atoms with E-state index in [2.05, 4.69) is 15.3 Å². The molecule has 1 aliphatic carbocycles. The van der Waals surface area contributed by atoms with Crippen LogP contribution in [0.3, 0.4) is 0 Å². The zero-order valence-corrected chi connectivity index (χ0v) is 11.4. The van der Waals surface area contributed by atoms with Crippen molar-refractivity contribution in [3.8, 4) is 0 Å². The van der Waals surface area contributed by atoms with Crippen molar-refractivity contribution in [1.82, 2.24) is 15.3 Å². The predicted molar refractivity (Wildman–Crippen MR) is 72.7 cm³/mol. The third-order valence-electron chi connectivity index (χ3n) is 4.13. The summed E-state index contributed by atoms with van der Waals surface area (Å²) in [5, 5.41) is 3.12. The van der Waals surface area contributed by atoms with E-state index in [0.29, 0.717) is 12.5 Å². The van der Waals surface area contributed by atoms with E-state index in [0.717, 1.165) is 38.6 Å². The Labute approximate surface area is 117 Å². The van der Waals surface area contributed by atoms with E-state index in [1.54, 1.807) is 0 Å². The van der Waals surface area contributed by atoms with Crippen LogP contribution in [0.15, 0.2) is 12.4 Å². The van der Waals surface area contributed by atoms with Gasteiger partial charge in [-0.15, -0.1) is 0 Å². The summed E-state index contributed by atoms with van der Waals surface area (Å²) in [6.07, 6.45) is 7.52. The molecule has 6 heteroatoms. The first-order valence-electron chi connectivity index (χ1n) is 7.25. The second-order valence-corrected chi connectivity index (χ2v) is 5.62. The maximum Gasteiger partial charge on any atom is 0.225 e. The molecular formula is C14H19FN4O. The number of piperidine rings is 1. The summed E-state index contributed by atoms with van der Waals surface area (Å²) in [7, 11) is 0. The number of nitrogens with one attached hydrogen (secondary N) is 1. The van der Waals surface area contributed by atoms with Gasteiger partial charge in [-0.1, -0.05) is 6.42 Å². The zero-order chi connectivity index (χ0) is 13.9. The van der Waals surface area contributed by atoms with E-state index < -0.39 is 5.82 Å². The number of halogens is 1. The molecule has 1 atom stereocenters. The predicted octanol–water partition coefficient (Wildman–Crippen LogP) is 1.50. The van der Waals surface area contributed by atoms with Gasteiger partial charge in [-0.25, -0.2) is 14.4 Å². The molecule has 2 aliphatic rings. The number of hydrogen-bond acceptors (Lipinski definition) is 4. The number of carbonyl (C=O) groups is 1. The van der Waals surface area contributed by atoms with Crippen LogP contribution in [-0.2, 0) is 4.79 Å². The molecule has 1 N–H and O–H groups in total. The Hall–Kier alpha value is -1.72. The molecule has 1 aromatic heterocycles. The van der Waals surface area contributed by atoms with E-state index in [1.807, 2.05) is 4.90 Å². The smallest absolute Gasteiger partial charge is 0.225 e. The van der Waals surface area contributed by atoms with Crippen LogP contribution in [-0.4, -0.2) is 35.0 Å². The number of anilines is 1. The molecule has 1 amide bonds. The normalized spacial score (nSPS) is 23.2. The average Bonchev–Trinajstić information content (AvgIpc) is 2.37. The summed E-state index contributed by atoms with van der Waals surface area (Å²) < 4.78 is 12.8. The molecule has 0 radical (unpaired) electrons. The van der Waals surface area contributed by atoms with E-state index >= 15 is 0 Å². The Kier molecular flexibility index (Phi) is 3.80. The van der Waals surface area contributed by atoms with Gasteiger partial charge in [0.2, 0.25) is 11.9 Å². The Morgan fingerprint density at radius 1 is 1.25 bits per heavy atom. The minimum atomic E-state index is -0.430. The highest BCUT2D eigenvalue weighted by molar-refractivity contribution is 5.79. The highest BCUT2D eigenvalue weighted by Crippen LogP contribution is 2.26. The number of nitrogens with zero attached hydrogens (tertiary/aromatic N) is 3. The Morgan fingerprint density at radius 3 is 2.65 bits per heavy atom. The molecule has 2 heterocycles. The van der Waals surface area contributed by atoms with E-state index in [-0.39, 0.29) is 17.9 Å². The zero-order valence-electron chi connectivity index (χ0n) is 11.4. The highest BCUT2D eigenvalue weighted by Gasteiger charge is 2.29. The first-order chi connectivity index (χ1) is 9.72. The topological polar surface area (TPSA) is 58.1 Å². The van der Waals surface area contributed by atoms with Crippen LogP contribution in [0.4, 0.5) is 10.3 Å². The monoisotopic (exact) mass is 278 g/mol. The lowest BCUT2D eigenvalue weighted by atomic mass is 9.84. The van der Waals surface area contributed by atoms with Gasteiger partial charge in [0, 0.05) is 25.0 Å². The number of rotatable bonds is 3. The van der Waals surface area contributed by atoms with Crippen molar-refractivity contribution in [2.24, 2.45) is 5.92 Å². The minimum Gasteiger partial charge on any atom is -0.351 e. The molecule has 1 unspecified atom stereocenters. The minimum absolute atomic E-state index is 0.144. The summed E-state index contributed by atoms with van der Waals surface area (Å²) in [6, 6.07) is 0.144. The first-order valence-corrected chi connectivity index (χ1v) is 7.25. The molecule has 1 saturated heterocycles. The van der Waals surface area contributed by atoms with Crippen LogP contribution < -0.4 is 10.2 Å². The molecule has 20 heavy (non-hydrogen) atoms. The van der Waals surface area contributed by atoms with Crippen molar-refractivity contribution in [3.05, 3.63) is 18.2 Å². The van der Waals surface area contributed by atoms with Gasteiger partial charge in [0.05, 0.1) is 12.4 Å². The standard InChI is InChI=1S/C14H19FN4O/c15-11-7-16-14(17-8-11)19-6-2-5-12(9-19)18-13(20)10-3-1-4-10/h7-8,10,12H,1-6,9H2,(H,18,20). The molecule has 0 aromatic carbocycles. The quantitative estimate of drug-likeness (QED) is 0.910. The number of amides is 1. The third-order valence-corrected chi connectivity index (χ3v) is 4.13. The van der Waals surface area contributed by atoms with Crippen molar-refractivity contribution in [1.29, 1.82) is 0 Å². The van der Waals surface area contributed by atoms with Crippen molar-refractivity contribution < 1.29 is 9.18 Å². The fourth-order valence-electron chi connectivity index (χ4n) is 2.73. The van der Waals surface area contributed by atoms with Crippen LogP contribution in [0.1, 0.15) is 32.1 Å². The SMILES string of the molecule is O=C(NC1CCCN(c2ncc(F)cn2)C1)C1CCC1. The fourth-order valence-corrected chi connectivity index (χ4v) is 2.73. The third kappa shape index (κ3) is 2.89. The summed E-state index contributed by atoms with van der Waals surface area (Å²) >= 11 is 0. The number of hydrogen-bond donors (Lipinski definition) is 1. The lowest BCUT2D eigenvalue weighted by Crippen LogP contribution is -2.50. The van der Waals surface area contributed by atoms with Gasteiger partial charge in [-0.2, -0.15) is 0 Å². The fraction of sp³-hybridized carbons (Fsp3) is 0.643. The molecule has 5 nitrogen and oxygen atoms in total. The summed E-state index contributed by atoms with van der Waals surface area (Å²) in [4.78, 5) is 22.0. The number of carbonyl (C=O) groups excluding carboxylic acids is 1. The van der Waals surface area contributed by atoms with Crippen LogP contribution in [0.5, 0.6) is 0 Å².